The topological polar surface area (TPSA) is 75.1 Å². The fourth-order valence-corrected chi connectivity index (χ4v) is 3.19. The lowest BCUT2D eigenvalue weighted by Gasteiger charge is -2.28. The largest absolute Gasteiger partial charge is 0.394 e. The average molecular weight is 293 g/mol. The number of nitrogens with one attached hydrogen (secondary N) is 1. The van der Waals surface area contributed by atoms with Gasteiger partial charge in [0.15, 0.2) is 0 Å². The number of aryl methyl sites for hydroxylation is 1. The highest BCUT2D eigenvalue weighted by Gasteiger charge is 2.26. The molecule has 2 aromatic heterocycles. The zero-order valence-electron chi connectivity index (χ0n) is 11.9. The maximum Gasteiger partial charge on any atom is 0.272 e. The van der Waals surface area contributed by atoms with Crippen molar-refractivity contribution in [1.29, 1.82) is 0 Å². The highest BCUT2D eigenvalue weighted by Crippen LogP contribution is 2.25. The summed E-state index contributed by atoms with van der Waals surface area (Å²) in [6, 6.07) is 0. The van der Waals surface area contributed by atoms with E-state index in [1.807, 2.05) is 26.2 Å². The summed E-state index contributed by atoms with van der Waals surface area (Å²) in [5.74, 6) is -0.260. The molecule has 0 aliphatic heterocycles. The van der Waals surface area contributed by atoms with Gasteiger partial charge in [-0.3, -0.25) is 4.79 Å². The van der Waals surface area contributed by atoms with Gasteiger partial charge in [-0.05, 0) is 31.2 Å². The van der Waals surface area contributed by atoms with Gasteiger partial charge in [-0.25, -0.2) is 9.97 Å². The first-order valence-electron chi connectivity index (χ1n) is 6.63. The zero-order chi connectivity index (χ0) is 14.8. The fraction of sp³-hybridized carbons (Fsp3) is 0.500. The van der Waals surface area contributed by atoms with E-state index in [1.54, 1.807) is 0 Å². The lowest BCUT2D eigenvalue weighted by atomic mass is 9.97. The van der Waals surface area contributed by atoms with Gasteiger partial charge in [0, 0.05) is 0 Å². The monoisotopic (exact) mass is 293 g/mol. The van der Waals surface area contributed by atoms with E-state index in [9.17, 15) is 9.90 Å². The van der Waals surface area contributed by atoms with Crippen LogP contribution in [0.1, 0.15) is 42.7 Å². The van der Waals surface area contributed by atoms with Gasteiger partial charge in [-0.1, -0.05) is 13.3 Å². The second-order valence-electron chi connectivity index (χ2n) is 5.24. The first-order chi connectivity index (χ1) is 9.50. The number of rotatable bonds is 5. The molecule has 6 heteroatoms. The van der Waals surface area contributed by atoms with Gasteiger partial charge in [0.2, 0.25) is 0 Å². The van der Waals surface area contributed by atoms with Crippen molar-refractivity contribution in [2.75, 3.05) is 6.61 Å². The summed E-state index contributed by atoms with van der Waals surface area (Å²) >= 11 is 1.47. The van der Waals surface area contributed by atoms with E-state index in [0.29, 0.717) is 12.1 Å². The van der Waals surface area contributed by atoms with Crippen molar-refractivity contribution in [3.8, 4) is 0 Å². The van der Waals surface area contributed by atoms with Gasteiger partial charge in [0.25, 0.3) is 5.91 Å². The number of thiophene rings is 1. The average Bonchev–Trinajstić information content (AvgIpc) is 2.81. The molecule has 1 unspecified atom stereocenters. The number of hydrogen-bond donors (Lipinski definition) is 2. The number of aliphatic hydroxyl groups excluding tert-OH is 1. The molecule has 2 N–H and O–H groups in total. The molecule has 1 atom stereocenters. The molecule has 2 rings (SSSR count). The molecule has 2 aromatic rings. The maximum atomic E-state index is 12.4. The van der Waals surface area contributed by atoms with Crippen molar-refractivity contribution in [1.82, 2.24) is 15.3 Å². The highest BCUT2D eigenvalue weighted by atomic mass is 32.1. The van der Waals surface area contributed by atoms with Crippen molar-refractivity contribution in [2.45, 2.75) is 39.2 Å². The van der Waals surface area contributed by atoms with Crippen LogP contribution in [-0.2, 0) is 0 Å². The molecule has 0 radical (unpaired) electrons. The first kappa shape index (κ1) is 14.9. The Labute approximate surface area is 122 Å². The van der Waals surface area contributed by atoms with Crippen molar-refractivity contribution in [2.24, 2.45) is 0 Å². The van der Waals surface area contributed by atoms with Crippen LogP contribution in [0.3, 0.4) is 0 Å². The molecule has 0 saturated heterocycles. The SMILES string of the molecule is CCCC(C)(CO)NC(=O)c1ncnc2c(C)csc12. The number of carbonyl (C=O) groups excluding carboxylic acids is 1. The molecule has 0 fully saturated rings. The minimum atomic E-state index is -0.616. The molecule has 0 bridgehead atoms. The van der Waals surface area contributed by atoms with Gasteiger partial charge in [-0.2, -0.15) is 0 Å². The lowest BCUT2D eigenvalue weighted by molar-refractivity contribution is 0.0838. The molecule has 0 aliphatic carbocycles. The number of aliphatic hydroxyl groups is 1. The van der Waals surface area contributed by atoms with E-state index in [4.69, 9.17) is 0 Å². The van der Waals surface area contributed by atoms with E-state index in [2.05, 4.69) is 15.3 Å². The predicted molar refractivity (Wildman–Crippen MR) is 80.0 cm³/mol. The van der Waals surface area contributed by atoms with Gasteiger partial charge >= 0.3 is 0 Å². The minimum Gasteiger partial charge on any atom is -0.394 e. The Morgan fingerprint density at radius 2 is 2.25 bits per heavy atom. The lowest BCUT2D eigenvalue weighted by Crippen LogP contribution is -2.49. The molecule has 0 aromatic carbocycles. The molecular formula is C14H19N3O2S. The Morgan fingerprint density at radius 3 is 2.90 bits per heavy atom. The van der Waals surface area contributed by atoms with Crippen molar-refractivity contribution in [3.05, 3.63) is 23.0 Å². The summed E-state index contributed by atoms with van der Waals surface area (Å²) in [7, 11) is 0. The normalized spacial score (nSPS) is 14.2. The number of hydrogen-bond acceptors (Lipinski definition) is 5. The Bertz CT molecular complexity index is 626. The third-order valence-corrected chi connectivity index (χ3v) is 4.41. The predicted octanol–water partition coefficient (Wildman–Crippen LogP) is 2.28. The smallest absolute Gasteiger partial charge is 0.272 e. The van der Waals surface area contributed by atoms with Crippen LogP contribution in [0.15, 0.2) is 11.7 Å². The molecule has 0 saturated carbocycles. The summed E-state index contributed by atoms with van der Waals surface area (Å²) in [6.45, 7) is 5.73. The summed E-state index contributed by atoms with van der Waals surface area (Å²) in [5, 5.41) is 14.3. The number of aromatic nitrogens is 2. The Hall–Kier alpha value is -1.53. The van der Waals surface area contributed by atoms with Gasteiger partial charge in [0.05, 0.1) is 22.4 Å². The second kappa shape index (κ2) is 5.85. The molecule has 20 heavy (non-hydrogen) atoms. The van der Waals surface area contributed by atoms with E-state index in [-0.39, 0.29) is 12.5 Å². The highest BCUT2D eigenvalue weighted by molar-refractivity contribution is 7.17. The van der Waals surface area contributed by atoms with Gasteiger partial charge < -0.3 is 10.4 Å². The molecule has 108 valence electrons. The summed E-state index contributed by atoms with van der Waals surface area (Å²) < 4.78 is 0.791. The molecule has 1 amide bonds. The van der Waals surface area contributed by atoms with Crippen molar-refractivity contribution < 1.29 is 9.90 Å². The molecular weight excluding hydrogens is 274 g/mol. The summed E-state index contributed by atoms with van der Waals surface area (Å²) in [5.41, 5.74) is 1.62. The van der Waals surface area contributed by atoms with Crippen LogP contribution in [0.25, 0.3) is 10.2 Å². The number of amides is 1. The first-order valence-corrected chi connectivity index (χ1v) is 7.51. The quantitative estimate of drug-likeness (QED) is 0.887. The van der Waals surface area contributed by atoms with E-state index in [0.717, 1.165) is 22.2 Å². The Kier molecular flexibility index (Phi) is 4.35. The third-order valence-electron chi connectivity index (χ3n) is 3.31. The van der Waals surface area contributed by atoms with Crippen LogP contribution in [-0.4, -0.2) is 33.1 Å². The number of fused-ring (bicyclic) bond motifs is 1. The van der Waals surface area contributed by atoms with E-state index in [1.165, 1.54) is 17.7 Å². The third kappa shape index (κ3) is 2.81. The maximum absolute atomic E-state index is 12.4. The Morgan fingerprint density at radius 1 is 1.50 bits per heavy atom. The summed E-state index contributed by atoms with van der Waals surface area (Å²) in [6.07, 6.45) is 3.01. The molecule has 2 heterocycles. The van der Waals surface area contributed by atoms with Crippen molar-refractivity contribution in [3.63, 3.8) is 0 Å². The van der Waals surface area contributed by atoms with Crippen LogP contribution in [0.2, 0.25) is 0 Å². The Balaban J connectivity index is 2.32. The number of carbonyl (C=O) groups is 1. The number of nitrogens with zero attached hydrogens (tertiary/aromatic N) is 2. The molecule has 0 aliphatic rings. The van der Waals surface area contributed by atoms with Crippen LogP contribution < -0.4 is 5.32 Å². The molecule has 0 spiro atoms. The second-order valence-corrected chi connectivity index (χ2v) is 6.12. The van der Waals surface area contributed by atoms with E-state index < -0.39 is 5.54 Å². The fourth-order valence-electron chi connectivity index (χ4n) is 2.20. The van der Waals surface area contributed by atoms with Gasteiger partial charge in [-0.15, -0.1) is 11.3 Å². The zero-order valence-corrected chi connectivity index (χ0v) is 12.8. The van der Waals surface area contributed by atoms with Crippen LogP contribution in [0.5, 0.6) is 0 Å². The van der Waals surface area contributed by atoms with Crippen molar-refractivity contribution >= 4 is 27.5 Å². The molecule has 5 nitrogen and oxygen atoms in total. The van der Waals surface area contributed by atoms with Crippen LogP contribution in [0.4, 0.5) is 0 Å². The standard InChI is InChI=1S/C14H19N3O2S/c1-4-5-14(3,7-18)17-13(19)11-12-10(15-8-16-11)9(2)6-20-12/h6,8,18H,4-5,7H2,1-3H3,(H,17,19). The summed E-state index contributed by atoms with van der Waals surface area (Å²) in [4.78, 5) is 20.7. The van der Waals surface area contributed by atoms with Crippen LogP contribution >= 0.6 is 11.3 Å². The minimum absolute atomic E-state index is 0.0930. The van der Waals surface area contributed by atoms with Crippen LogP contribution in [0, 0.1) is 6.92 Å². The van der Waals surface area contributed by atoms with Gasteiger partial charge in [0.1, 0.15) is 12.0 Å². The van der Waals surface area contributed by atoms with E-state index >= 15 is 0 Å².